The SMILES string of the molecule is CC(C)(C)C(I)C(=O)N1CCCC(C(N)=O)C1. The van der Waals surface area contributed by atoms with Crippen LogP contribution in [0.3, 0.4) is 0 Å². The molecule has 2 amide bonds. The van der Waals surface area contributed by atoms with Crippen LogP contribution in [0, 0.1) is 11.3 Å². The maximum absolute atomic E-state index is 12.3. The van der Waals surface area contributed by atoms with Crippen LogP contribution in [0.25, 0.3) is 0 Å². The summed E-state index contributed by atoms with van der Waals surface area (Å²) in [5, 5.41) is 0. The third-order valence-electron chi connectivity index (χ3n) is 3.11. The Hall–Kier alpha value is -0.330. The summed E-state index contributed by atoms with van der Waals surface area (Å²) < 4.78 is -0.0632. The van der Waals surface area contributed by atoms with Crippen LogP contribution in [-0.4, -0.2) is 33.7 Å². The van der Waals surface area contributed by atoms with E-state index in [1.807, 2.05) is 0 Å². The summed E-state index contributed by atoms with van der Waals surface area (Å²) >= 11 is 2.19. The van der Waals surface area contributed by atoms with Gasteiger partial charge >= 0.3 is 0 Å². The van der Waals surface area contributed by atoms with Gasteiger partial charge in [-0.15, -0.1) is 0 Å². The zero-order chi connectivity index (χ0) is 13.2. The van der Waals surface area contributed by atoms with Gasteiger partial charge in [0.15, 0.2) is 0 Å². The van der Waals surface area contributed by atoms with Gasteiger partial charge in [-0.25, -0.2) is 0 Å². The maximum atomic E-state index is 12.3. The van der Waals surface area contributed by atoms with Crippen molar-refractivity contribution in [1.82, 2.24) is 4.90 Å². The van der Waals surface area contributed by atoms with Gasteiger partial charge in [0.2, 0.25) is 11.8 Å². The minimum Gasteiger partial charge on any atom is -0.369 e. The van der Waals surface area contributed by atoms with Gasteiger partial charge in [0.25, 0.3) is 0 Å². The molecule has 1 aliphatic heterocycles. The number of piperidine rings is 1. The third-order valence-corrected chi connectivity index (χ3v) is 5.51. The van der Waals surface area contributed by atoms with E-state index in [2.05, 4.69) is 43.4 Å². The number of likely N-dealkylation sites (tertiary alicyclic amines) is 1. The Bertz CT molecular complexity index is 312. The molecular formula is C12H21IN2O2. The molecule has 5 heteroatoms. The van der Waals surface area contributed by atoms with Gasteiger partial charge < -0.3 is 10.6 Å². The van der Waals surface area contributed by atoms with E-state index in [9.17, 15) is 9.59 Å². The van der Waals surface area contributed by atoms with Crippen molar-refractivity contribution in [2.45, 2.75) is 37.5 Å². The molecule has 1 rings (SSSR count). The number of rotatable bonds is 2. The molecular weight excluding hydrogens is 331 g/mol. The summed E-state index contributed by atoms with van der Waals surface area (Å²) in [4.78, 5) is 25.2. The number of carbonyl (C=O) groups excluding carboxylic acids is 2. The van der Waals surface area contributed by atoms with E-state index < -0.39 is 0 Å². The largest absolute Gasteiger partial charge is 0.369 e. The van der Waals surface area contributed by atoms with Crippen molar-refractivity contribution in [3.05, 3.63) is 0 Å². The van der Waals surface area contributed by atoms with Crippen LogP contribution >= 0.6 is 22.6 Å². The van der Waals surface area contributed by atoms with Crippen LogP contribution in [-0.2, 0) is 9.59 Å². The van der Waals surface area contributed by atoms with Crippen molar-refractivity contribution in [3.8, 4) is 0 Å². The highest BCUT2D eigenvalue weighted by Gasteiger charge is 2.35. The van der Waals surface area contributed by atoms with Crippen molar-refractivity contribution in [1.29, 1.82) is 0 Å². The average molecular weight is 352 g/mol. The first-order valence-corrected chi connectivity index (χ1v) is 7.20. The molecule has 0 aliphatic carbocycles. The van der Waals surface area contributed by atoms with Crippen molar-refractivity contribution >= 4 is 34.4 Å². The molecule has 1 saturated heterocycles. The molecule has 98 valence electrons. The number of hydrogen-bond acceptors (Lipinski definition) is 2. The highest BCUT2D eigenvalue weighted by atomic mass is 127. The van der Waals surface area contributed by atoms with Gasteiger partial charge in [0, 0.05) is 13.1 Å². The molecule has 0 aromatic heterocycles. The first kappa shape index (κ1) is 14.7. The van der Waals surface area contributed by atoms with E-state index in [1.165, 1.54) is 0 Å². The van der Waals surface area contributed by atoms with Crippen LogP contribution in [0.15, 0.2) is 0 Å². The van der Waals surface area contributed by atoms with Crippen LogP contribution in [0.4, 0.5) is 0 Å². The molecule has 0 radical (unpaired) electrons. The molecule has 2 unspecified atom stereocenters. The lowest BCUT2D eigenvalue weighted by Gasteiger charge is -2.35. The molecule has 1 fully saturated rings. The zero-order valence-corrected chi connectivity index (χ0v) is 12.9. The number of hydrogen-bond donors (Lipinski definition) is 1. The van der Waals surface area contributed by atoms with Crippen LogP contribution < -0.4 is 5.73 Å². The van der Waals surface area contributed by atoms with Crippen molar-refractivity contribution in [2.75, 3.05) is 13.1 Å². The van der Waals surface area contributed by atoms with E-state index in [0.29, 0.717) is 6.54 Å². The Morgan fingerprint density at radius 2 is 2.00 bits per heavy atom. The summed E-state index contributed by atoms with van der Waals surface area (Å²) in [7, 11) is 0. The fraction of sp³-hybridized carbons (Fsp3) is 0.833. The second kappa shape index (κ2) is 5.54. The lowest BCUT2D eigenvalue weighted by atomic mass is 9.90. The molecule has 0 spiro atoms. The zero-order valence-electron chi connectivity index (χ0n) is 10.7. The Morgan fingerprint density at radius 3 is 2.47 bits per heavy atom. The first-order chi connectivity index (χ1) is 7.73. The highest BCUT2D eigenvalue weighted by molar-refractivity contribution is 14.1. The van der Waals surface area contributed by atoms with E-state index in [1.54, 1.807) is 4.90 Å². The quantitative estimate of drug-likeness (QED) is 0.606. The maximum Gasteiger partial charge on any atom is 0.236 e. The Labute approximate surface area is 116 Å². The summed E-state index contributed by atoms with van der Waals surface area (Å²) in [5.41, 5.74) is 5.25. The summed E-state index contributed by atoms with van der Waals surface area (Å²) in [6.45, 7) is 7.40. The lowest BCUT2D eigenvalue weighted by Crippen LogP contribution is -2.48. The van der Waals surface area contributed by atoms with E-state index in [0.717, 1.165) is 19.4 Å². The predicted octanol–water partition coefficient (Wildman–Crippen LogP) is 1.56. The van der Waals surface area contributed by atoms with Gasteiger partial charge in [-0.2, -0.15) is 0 Å². The molecule has 0 aromatic rings. The van der Waals surface area contributed by atoms with E-state index in [4.69, 9.17) is 5.73 Å². The van der Waals surface area contributed by atoms with Gasteiger partial charge in [-0.05, 0) is 18.3 Å². The number of primary amides is 1. The van der Waals surface area contributed by atoms with Crippen LogP contribution in [0.1, 0.15) is 33.6 Å². The highest BCUT2D eigenvalue weighted by Crippen LogP contribution is 2.29. The number of alkyl halides is 1. The van der Waals surface area contributed by atoms with Crippen molar-refractivity contribution in [2.24, 2.45) is 17.1 Å². The summed E-state index contributed by atoms with van der Waals surface area (Å²) in [6, 6.07) is 0. The number of nitrogens with two attached hydrogens (primary N) is 1. The normalized spacial score (nSPS) is 23.3. The number of halogens is 1. The third kappa shape index (κ3) is 3.82. The molecule has 2 N–H and O–H groups in total. The fourth-order valence-corrected chi connectivity index (χ4v) is 2.33. The van der Waals surface area contributed by atoms with Crippen molar-refractivity contribution in [3.63, 3.8) is 0 Å². The second-order valence-electron chi connectivity index (χ2n) is 5.75. The van der Waals surface area contributed by atoms with Crippen molar-refractivity contribution < 1.29 is 9.59 Å². The first-order valence-electron chi connectivity index (χ1n) is 5.95. The molecule has 0 saturated carbocycles. The number of amides is 2. The molecule has 4 nitrogen and oxygen atoms in total. The van der Waals surface area contributed by atoms with Gasteiger partial charge in [-0.3, -0.25) is 9.59 Å². The molecule has 1 aliphatic rings. The predicted molar refractivity (Wildman–Crippen MR) is 75.8 cm³/mol. The Balaban J connectivity index is 2.67. The van der Waals surface area contributed by atoms with Gasteiger partial charge in [-0.1, -0.05) is 43.4 Å². The molecule has 17 heavy (non-hydrogen) atoms. The topological polar surface area (TPSA) is 63.4 Å². The smallest absolute Gasteiger partial charge is 0.236 e. The second-order valence-corrected chi connectivity index (χ2v) is 7.00. The minimum atomic E-state index is -0.289. The monoisotopic (exact) mass is 352 g/mol. The Morgan fingerprint density at radius 1 is 1.41 bits per heavy atom. The summed E-state index contributed by atoms with van der Waals surface area (Å²) in [6.07, 6.45) is 1.67. The fourth-order valence-electron chi connectivity index (χ4n) is 1.94. The average Bonchev–Trinajstić information content (AvgIpc) is 2.26. The Kier molecular flexibility index (Phi) is 4.80. The lowest BCUT2D eigenvalue weighted by molar-refractivity contribution is -0.135. The van der Waals surface area contributed by atoms with E-state index >= 15 is 0 Å². The summed E-state index contributed by atoms with van der Waals surface area (Å²) in [5.74, 6) is -0.330. The van der Waals surface area contributed by atoms with Gasteiger partial charge in [0.1, 0.15) is 0 Å². The number of nitrogens with zero attached hydrogens (tertiary/aromatic N) is 1. The molecule has 0 aromatic carbocycles. The number of carbonyl (C=O) groups is 2. The van der Waals surface area contributed by atoms with Crippen LogP contribution in [0.2, 0.25) is 0 Å². The molecule has 2 atom stereocenters. The minimum absolute atomic E-state index is 0.0582. The van der Waals surface area contributed by atoms with Crippen LogP contribution in [0.5, 0.6) is 0 Å². The van der Waals surface area contributed by atoms with E-state index in [-0.39, 0.29) is 27.1 Å². The molecule has 1 heterocycles. The standard InChI is InChI=1S/C12H21IN2O2/c1-12(2,3)9(13)11(17)15-6-4-5-8(7-15)10(14)16/h8-9H,4-7H2,1-3H3,(H2,14,16). The molecule has 0 bridgehead atoms. The van der Waals surface area contributed by atoms with Gasteiger partial charge in [0.05, 0.1) is 9.84 Å².